The fourth-order valence-electron chi connectivity index (χ4n) is 3.21. The highest BCUT2D eigenvalue weighted by molar-refractivity contribution is 9.09. The van der Waals surface area contributed by atoms with E-state index < -0.39 is 0 Å². The molecular formula is C20H30BrN3O2. The maximum absolute atomic E-state index is 12.2. The number of alkyl halides is 1. The van der Waals surface area contributed by atoms with E-state index >= 15 is 0 Å². The van der Waals surface area contributed by atoms with Gasteiger partial charge in [0.2, 0.25) is 5.91 Å². The fourth-order valence-corrected chi connectivity index (χ4v) is 4.11. The number of rotatable bonds is 6. The van der Waals surface area contributed by atoms with E-state index in [2.05, 4.69) is 31.9 Å². The molecule has 0 bridgehead atoms. The van der Waals surface area contributed by atoms with E-state index in [9.17, 15) is 9.59 Å². The average molecular weight is 424 g/mol. The van der Waals surface area contributed by atoms with Crippen LogP contribution in [0.15, 0.2) is 30.3 Å². The minimum atomic E-state index is -0.203. The minimum absolute atomic E-state index is 0.0237. The second-order valence-corrected chi connectivity index (χ2v) is 9.22. The van der Waals surface area contributed by atoms with Gasteiger partial charge < -0.3 is 16.0 Å². The summed E-state index contributed by atoms with van der Waals surface area (Å²) >= 11 is 3.77. The van der Waals surface area contributed by atoms with Crippen LogP contribution in [0.5, 0.6) is 0 Å². The van der Waals surface area contributed by atoms with Crippen LogP contribution >= 0.6 is 15.9 Å². The standard InChI is InChI=1S/C20H30BrN3O2/c1-20(2,3)24-18(25)13-22-16-10-9-15(17(21)11-16)12-23-19(26)14-7-5-4-6-8-14/h4-8,15-17,22H,9-13H2,1-3H3,(H,23,26)(H,24,25)/t15-,16-,17-/m0/s1. The zero-order chi connectivity index (χ0) is 19.2. The summed E-state index contributed by atoms with van der Waals surface area (Å²) in [5.74, 6) is 0.411. The molecule has 3 atom stereocenters. The largest absolute Gasteiger partial charge is 0.352 e. The summed E-state index contributed by atoms with van der Waals surface area (Å²) in [6, 6.07) is 9.62. The summed E-state index contributed by atoms with van der Waals surface area (Å²) in [4.78, 5) is 24.4. The first kappa shape index (κ1) is 20.9. The van der Waals surface area contributed by atoms with E-state index in [-0.39, 0.29) is 17.4 Å². The molecule has 2 amide bonds. The predicted octanol–water partition coefficient (Wildman–Crippen LogP) is 2.85. The molecule has 1 aromatic rings. The molecule has 1 aromatic carbocycles. The lowest BCUT2D eigenvalue weighted by Crippen LogP contribution is -2.48. The minimum Gasteiger partial charge on any atom is -0.352 e. The molecule has 6 heteroatoms. The van der Waals surface area contributed by atoms with E-state index in [1.165, 1.54) is 0 Å². The van der Waals surface area contributed by atoms with Crippen LogP contribution in [-0.4, -0.2) is 41.3 Å². The van der Waals surface area contributed by atoms with Crippen molar-refractivity contribution in [2.45, 2.75) is 56.4 Å². The van der Waals surface area contributed by atoms with Crippen LogP contribution in [0.4, 0.5) is 0 Å². The Kier molecular flexibility index (Phi) is 7.65. The van der Waals surface area contributed by atoms with E-state index in [1.807, 2.05) is 51.1 Å². The molecule has 0 aliphatic heterocycles. The Balaban J connectivity index is 1.71. The Morgan fingerprint density at radius 3 is 2.46 bits per heavy atom. The van der Waals surface area contributed by atoms with Crippen LogP contribution in [0.25, 0.3) is 0 Å². The van der Waals surface area contributed by atoms with Gasteiger partial charge in [0.25, 0.3) is 5.91 Å². The maximum atomic E-state index is 12.2. The third kappa shape index (κ3) is 7.08. The first-order valence-electron chi connectivity index (χ1n) is 9.26. The van der Waals surface area contributed by atoms with Gasteiger partial charge in [0.15, 0.2) is 0 Å². The molecule has 5 nitrogen and oxygen atoms in total. The Hall–Kier alpha value is -1.40. The number of halogens is 1. The number of hydrogen-bond acceptors (Lipinski definition) is 3. The molecule has 0 aromatic heterocycles. The Bertz CT molecular complexity index is 601. The van der Waals surface area contributed by atoms with Gasteiger partial charge >= 0.3 is 0 Å². The lowest BCUT2D eigenvalue weighted by molar-refractivity contribution is -0.121. The second-order valence-electron chi connectivity index (χ2n) is 8.04. The summed E-state index contributed by atoms with van der Waals surface area (Å²) in [5.41, 5.74) is 0.490. The molecule has 0 heterocycles. The van der Waals surface area contributed by atoms with Crippen molar-refractivity contribution < 1.29 is 9.59 Å². The van der Waals surface area contributed by atoms with E-state index in [0.29, 0.717) is 35.4 Å². The topological polar surface area (TPSA) is 70.2 Å². The predicted molar refractivity (Wildman–Crippen MR) is 109 cm³/mol. The SMILES string of the molecule is CC(C)(C)NC(=O)CN[C@H]1CC[C@@H](CNC(=O)c2ccccc2)[C@@H](Br)C1. The summed E-state index contributed by atoms with van der Waals surface area (Å²) in [7, 11) is 0. The van der Waals surface area contributed by atoms with Crippen LogP contribution in [0.3, 0.4) is 0 Å². The molecular weight excluding hydrogens is 394 g/mol. The zero-order valence-electron chi connectivity index (χ0n) is 15.8. The van der Waals surface area contributed by atoms with Gasteiger partial charge in [0.1, 0.15) is 0 Å². The van der Waals surface area contributed by atoms with Crippen LogP contribution in [0, 0.1) is 5.92 Å². The van der Waals surface area contributed by atoms with Crippen molar-refractivity contribution in [3.05, 3.63) is 35.9 Å². The Morgan fingerprint density at radius 1 is 1.15 bits per heavy atom. The molecule has 0 unspecified atom stereocenters. The van der Waals surface area contributed by atoms with Crippen molar-refractivity contribution >= 4 is 27.7 Å². The van der Waals surface area contributed by atoms with Crippen molar-refractivity contribution in [3.8, 4) is 0 Å². The van der Waals surface area contributed by atoms with Crippen LogP contribution in [0.2, 0.25) is 0 Å². The highest BCUT2D eigenvalue weighted by atomic mass is 79.9. The first-order chi connectivity index (χ1) is 12.2. The summed E-state index contributed by atoms with van der Waals surface area (Å²) < 4.78 is 0. The Morgan fingerprint density at radius 2 is 1.85 bits per heavy atom. The highest BCUT2D eigenvalue weighted by Crippen LogP contribution is 2.30. The smallest absolute Gasteiger partial charge is 0.251 e. The van der Waals surface area contributed by atoms with E-state index in [1.54, 1.807) is 0 Å². The third-order valence-electron chi connectivity index (χ3n) is 4.53. The van der Waals surface area contributed by atoms with Crippen molar-refractivity contribution in [1.29, 1.82) is 0 Å². The van der Waals surface area contributed by atoms with Gasteiger partial charge in [-0.3, -0.25) is 9.59 Å². The number of hydrogen-bond donors (Lipinski definition) is 3. The highest BCUT2D eigenvalue weighted by Gasteiger charge is 2.29. The fraction of sp³-hybridized carbons (Fsp3) is 0.600. The van der Waals surface area contributed by atoms with Crippen molar-refractivity contribution in [2.75, 3.05) is 13.1 Å². The number of carbonyl (C=O) groups excluding carboxylic acids is 2. The van der Waals surface area contributed by atoms with E-state index in [0.717, 1.165) is 19.3 Å². The van der Waals surface area contributed by atoms with Crippen LogP contribution in [0.1, 0.15) is 50.4 Å². The summed E-state index contributed by atoms with van der Waals surface area (Å²) in [6.45, 7) is 6.95. The summed E-state index contributed by atoms with van der Waals surface area (Å²) in [5, 5.41) is 9.36. The molecule has 1 saturated carbocycles. The number of benzene rings is 1. The van der Waals surface area contributed by atoms with Crippen molar-refractivity contribution in [2.24, 2.45) is 5.92 Å². The molecule has 26 heavy (non-hydrogen) atoms. The van der Waals surface area contributed by atoms with Gasteiger partial charge in [-0.2, -0.15) is 0 Å². The molecule has 1 aliphatic rings. The molecule has 1 aliphatic carbocycles. The zero-order valence-corrected chi connectivity index (χ0v) is 17.4. The summed E-state index contributed by atoms with van der Waals surface area (Å²) in [6.07, 6.45) is 2.98. The average Bonchev–Trinajstić information content (AvgIpc) is 2.58. The van der Waals surface area contributed by atoms with Gasteiger partial charge in [-0.15, -0.1) is 0 Å². The van der Waals surface area contributed by atoms with Gasteiger partial charge in [-0.1, -0.05) is 34.1 Å². The first-order valence-corrected chi connectivity index (χ1v) is 10.2. The number of nitrogens with one attached hydrogen (secondary N) is 3. The van der Waals surface area contributed by atoms with Gasteiger partial charge in [0.05, 0.1) is 6.54 Å². The molecule has 144 valence electrons. The molecule has 3 N–H and O–H groups in total. The molecule has 0 spiro atoms. The Labute approximate surface area is 164 Å². The molecule has 0 radical (unpaired) electrons. The molecule has 2 rings (SSSR count). The molecule has 1 fully saturated rings. The normalized spacial score (nSPS) is 23.3. The van der Waals surface area contributed by atoms with Gasteiger partial charge in [-0.05, 0) is 58.1 Å². The van der Waals surface area contributed by atoms with Gasteiger partial charge in [-0.25, -0.2) is 0 Å². The van der Waals surface area contributed by atoms with Crippen LogP contribution < -0.4 is 16.0 Å². The van der Waals surface area contributed by atoms with Crippen molar-refractivity contribution in [1.82, 2.24) is 16.0 Å². The quantitative estimate of drug-likeness (QED) is 0.616. The number of carbonyl (C=O) groups is 2. The maximum Gasteiger partial charge on any atom is 0.251 e. The lowest BCUT2D eigenvalue weighted by atomic mass is 9.85. The molecule has 0 saturated heterocycles. The number of amides is 2. The second kappa shape index (κ2) is 9.51. The van der Waals surface area contributed by atoms with E-state index in [4.69, 9.17) is 0 Å². The third-order valence-corrected chi connectivity index (χ3v) is 5.66. The lowest BCUT2D eigenvalue weighted by Gasteiger charge is -2.33. The van der Waals surface area contributed by atoms with Gasteiger partial charge in [0, 0.05) is 28.5 Å². The monoisotopic (exact) mass is 423 g/mol. The van der Waals surface area contributed by atoms with Crippen LogP contribution in [-0.2, 0) is 4.79 Å². The van der Waals surface area contributed by atoms with Crippen molar-refractivity contribution in [3.63, 3.8) is 0 Å².